The zero-order chi connectivity index (χ0) is 13.7. The van der Waals surface area contributed by atoms with Gasteiger partial charge in [0, 0.05) is 25.7 Å². The number of aliphatic hydroxyl groups excluding tert-OH is 1. The molecule has 0 saturated carbocycles. The minimum atomic E-state index is -0.178. The number of hydrogen-bond acceptors (Lipinski definition) is 3. The standard InChI is InChI=1S/C16H26N2O/c1-14(19)7-6-10-18-12-11-17(2)13-16(18)15-8-4-3-5-9-15/h3-5,8-9,14,16,19H,6-7,10-13H2,1-2H3. The maximum atomic E-state index is 9.38. The van der Waals surface area contributed by atoms with Gasteiger partial charge in [0.25, 0.3) is 0 Å². The number of benzene rings is 1. The van der Waals surface area contributed by atoms with Gasteiger partial charge in [0.05, 0.1) is 6.10 Å². The molecule has 1 aromatic rings. The van der Waals surface area contributed by atoms with Crippen LogP contribution < -0.4 is 0 Å². The second kappa shape index (κ2) is 7.04. The molecule has 106 valence electrons. The first-order valence-corrected chi connectivity index (χ1v) is 7.32. The predicted octanol–water partition coefficient (Wildman–Crippen LogP) is 2.14. The smallest absolute Gasteiger partial charge is 0.0512 e. The summed E-state index contributed by atoms with van der Waals surface area (Å²) >= 11 is 0. The van der Waals surface area contributed by atoms with E-state index in [1.54, 1.807) is 0 Å². The second-order valence-corrected chi connectivity index (χ2v) is 5.72. The van der Waals surface area contributed by atoms with Crippen LogP contribution in [0.15, 0.2) is 30.3 Å². The van der Waals surface area contributed by atoms with E-state index in [1.165, 1.54) is 5.56 Å². The van der Waals surface area contributed by atoms with Gasteiger partial charge in [0.2, 0.25) is 0 Å². The first kappa shape index (κ1) is 14.5. The third-order valence-electron chi connectivity index (χ3n) is 3.95. The van der Waals surface area contributed by atoms with Gasteiger partial charge in [0.15, 0.2) is 0 Å². The van der Waals surface area contributed by atoms with Crippen LogP contribution in [0.2, 0.25) is 0 Å². The fraction of sp³-hybridized carbons (Fsp3) is 0.625. The molecular formula is C16H26N2O. The summed E-state index contributed by atoms with van der Waals surface area (Å²) in [5, 5.41) is 9.38. The summed E-state index contributed by atoms with van der Waals surface area (Å²) in [6, 6.07) is 11.3. The molecule has 0 aliphatic carbocycles. The Kier molecular flexibility index (Phi) is 5.37. The minimum Gasteiger partial charge on any atom is -0.393 e. The fourth-order valence-corrected chi connectivity index (χ4v) is 2.81. The van der Waals surface area contributed by atoms with Gasteiger partial charge in [-0.25, -0.2) is 0 Å². The van der Waals surface area contributed by atoms with Crippen molar-refractivity contribution < 1.29 is 5.11 Å². The summed E-state index contributed by atoms with van der Waals surface area (Å²) < 4.78 is 0. The lowest BCUT2D eigenvalue weighted by Gasteiger charge is -2.40. The van der Waals surface area contributed by atoms with Crippen molar-refractivity contribution in [3.8, 4) is 0 Å². The van der Waals surface area contributed by atoms with Crippen molar-refractivity contribution in [2.75, 3.05) is 33.2 Å². The van der Waals surface area contributed by atoms with Crippen molar-refractivity contribution in [2.24, 2.45) is 0 Å². The third kappa shape index (κ3) is 4.30. The molecule has 2 rings (SSSR count). The normalized spacial score (nSPS) is 23.4. The Labute approximate surface area is 116 Å². The monoisotopic (exact) mass is 262 g/mol. The highest BCUT2D eigenvalue weighted by molar-refractivity contribution is 5.20. The summed E-state index contributed by atoms with van der Waals surface area (Å²) in [5.74, 6) is 0. The molecule has 1 N–H and O–H groups in total. The van der Waals surface area contributed by atoms with E-state index in [4.69, 9.17) is 0 Å². The molecule has 1 aliphatic heterocycles. The van der Waals surface area contributed by atoms with Gasteiger partial charge in [0.1, 0.15) is 0 Å². The van der Waals surface area contributed by atoms with E-state index in [0.717, 1.165) is 39.0 Å². The van der Waals surface area contributed by atoms with Crippen molar-refractivity contribution in [1.82, 2.24) is 9.80 Å². The zero-order valence-corrected chi connectivity index (χ0v) is 12.1. The van der Waals surface area contributed by atoms with E-state index in [2.05, 4.69) is 47.2 Å². The van der Waals surface area contributed by atoms with Crippen molar-refractivity contribution in [1.29, 1.82) is 0 Å². The second-order valence-electron chi connectivity index (χ2n) is 5.72. The van der Waals surface area contributed by atoms with Gasteiger partial charge >= 0.3 is 0 Å². The summed E-state index contributed by atoms with van der Waals surface area (Å²) in [4.78, 5) is 4.97. The van der Waals surface area contributed by atoms with Crippen LogP contribution in [0.1, 0.15) is 31.4 Å². The molecule has 0 spiro atoms. The molecule has 0 amide bonds. The van der Waals surface area contributed by atoms with Crippen molar-refractivity contribution >= 4 is 0 Å². The number of aliphatic hydroxyl groups is 1. The number of hydrogen-bond donors (Lipinski definition) is 1. The van der Waals surface area contributed by atoms with Crippen LogP contribution in [-0.2, 0) is 0 Å². The van der Waals surface area contributed by atoms with Gasteiger partial charge in [-0.2, -0.15) is 0 Å². The maximum Gasteiger partial charge on any atom is 0.0512 e. The Hall–Kier alpha value is -0.900. The largest absolute Gasteiger partial charge is 0.393 e. The number of rotatable bonds is 5. The highest BCUT2D eigenvalue weighted by atomic mass is 16.3. The minimum absolute atomic E-state index is 0.178. The molecule has 3 heteroatoms. The molecule has 1 saturated heterocycles. The fourth-order valence-electron chi connectivity index (χ4n) is 2.81. The predicted molar refractivity (Wildman–Crippen MR) is 79.2 cm³/mol. The van der Waals surface area contributed by atoms with E-state index in [-0.39, 0.29) is 6.10 Å². The van der Waals surface area contributed by atoms with Crippen LogP contribution in [0.3, 0.4) is 0 Å². The molecule has 19 heavy (non-hydrogen) atoms. The van der Waals surface area contributed by atoms with Crippen LogP contribution in [0.5, 0.6) is 0 Å². The SMILES string of the molecule is CC(O)CCCN1CCN(C)CC1c1ccccc1. The van der Waals surface area contributed by atoms with E-state index in [0.29, 0.717) is 6.04 Å². The first-order chi connectivity index (χ1) is 9.16. The van der Waals surface area contributed by atoms with Gasteiger partial charge in [-0.1, -0.05) is 30.3 Å². The zero-order valence-electron chi connectivity index (χ0n) is 12.1. The van der Waals surface area contributed by atoms with Crippen LogP contribution in [0.4, 0.5) is 0 Å². The average Bonchev–Trinajstić information content (AvgIpc) is 2.41. The quantitative estimate of drug-likeness (QED) is 0.880. The molecule has 2 atom stereocenters. The first-order valence-electron chi connectivity index (χ1n) is 7.32. The van der Waals surface area contributed by atoms with E-state index >= 15 is 0 Å². The molecule has 0 radical (unpaired) electrons. The molecule has 1 aliphatic rings. The van der Waals surface area contributed by atoms with Crippen molar-refractivity contribution in [3.63, 3.8) is 0 Å². The molecule has 0 bridgehead atoms. The van der Waals surface area contributed by atoms with Crippen LogP contribution >= 0.6 is 0 Å². The summed E-state index contributed by atoms with van der Waals surface area (Å²) in [6.45, 7) is 6.31. The molecule has 1 heterocycles. The molecule has 1 fully saturated rings. The average molecular weight is 262 g/mol. The molecule has 0 aromatic heterocycles. The number of nitrogens with zero attached hydrogens (tertiary/aromatic N) is 2. The highest BCUT2D eigenvalue weighted by Crippen LogP contribution is 2.25. The van der Waals surface area contributed by atoms with Gasteiger partial charge in [-0.05, 0) is 38.9 Å². The van der Waals surface area contributed by atoms with Gasteiger partial charge in [-0.3, -0.25) is 4.90 Å². The van der Waals surface area contributed by atoms with Crippen LogP contribution in [0, 0.1) is 0 Å². The Morgan fingerprint density at radius 2 is 2.00 bits per heavy atom. The molecular weight excluding hydrogens is 236 g/mol. The molecule has 1 aromatic carbocycles. The summed E-state index contributed by atoms with van der Waals surface area (Å²) in [5.41, 5.74) is 1.41. The van der Waals surface area contributed by atoms with Crippen LogP contribution in [0.25, 0.3) is 0 Å². The topological polar surface area (TPSA) is 26.7 Å². The highest BCUT2D eigenvalue weighted by Gasteiger charge is 2.25. The number of piperazine rings is 1. The van der Waals surface area contributed by atoms with Gasteiger partial charge in [-0.15, -0.1) is 0 Å². The Balaban J connectivity index is 1.98. The van der Waals surface area contributed by atoms with Gasteiger partial charge < -0.3 is 10.0 Å². The number of likely N-dealkylation sites (N-methyl/N-ethyl adjacent to an activating group) is 1. The Bertz CT molecular complexity index is 366. The lowest BCUT2D eigenvalue weighted by atomic mass is 10.0. The summed E-state index contributed by atoms with van der Waals surface area (Å²) in [6.07, 6.45) is 1.79. The third-order valence-corrected chi connectivity index (χ3v) is 3.95. The van der Waals surface area contributed by atoms with Crippen LogP contribution in [-0.4, -0.2) is 54.2 Å². The van der Waals surface area contributed by atoms with E-state index in [9.17, 15) is 5.11 Å². The maximum absolute atomic E-state index is 9.38. The lowest BCUT2D eigenvalue weighted by Crippen LogP contribution is -2.47. The molecule has 3 nitrogen and oxygen atoms in total. The molecule has 2 unspecified atom stereocenters. The lowest BCUT2D eigenvalue weighted by molar-refractivity contribution is 0.0829. The van der Waals surface area contributed by atoms with Crippen molar-refractivity contribution in [3.05, 3.63) is 35.9 Å². The van der Waals surface area contributed by atoms with E-state index in [1.807, 2.05) is 6.92 Å². The van der Waals surface area contributed by atoms with E-state index < -0.39 is 0 Å². The van der Waals surface area contributed by atoms with Crippen molar-refractivity contribution in [2.45, 2.75) is 31.9 Å². The Morgan fingerprint density at radius 1 is 1.26 bits per heavy atom. The Morgan fingerprint density at radius 3 is 2.68 bits per heavy atom. The summed E-state index contributed by atoms with van der Waals surface area (Å²) in [7, 11) is 2.20.